The summed E-state index contributed by atoms with van der Waals surface area (Å²) in [7, 11) is 0.317. The van der Waals surface area contributed by atoms with Crippen molar-refractivity contribution < 1.29 is 33.5 Å². The summed E-state index contributed by atoms with van der Waals surface area (Å²) in [5, 5.41) is 19.2. The molecule has 11 heteroatoms. The number of nitrogens with zero attached hydrogens (tertiary/aromatic N) is 2. The van der Waals surface area contributed by atoms with Crippen molar-refractivity contribution in [2.75, 3.05) is 18.5 Å². The number of hydrogen-bond donors (Lipinski definition) is 3. The second kappa shape index (κ2) is 9.19. The Morgan fingerprint density at radius 2 is 1.92 bits per heavy atom. The number of nitrogens with one attached hydrogen (secondary N) is 1. The van der Waals surface area contributed by atoms with Gasteiger partial charge in [-0.05, 0) is 59.4 Å². The van der Waals surface area contributed by atoms with Crippen LogP contribution in [0.25, 0.3) is 10.9 Å². The highest BCUT2D eigenvalue weighted by Crippen LogP contribution is 2.43. The Kier molecular flexibility index (Phi) is 5.81. The molecule has 6 rings (SSSR count). The molecule has 192 valence electrons. The van der Waals surface area contributed by atoms with Crippen molar-refractivity contribution >= 4 is 41.2 Å². The first-order valence-corrected chi connectivity index (χ1v) is 12.1. The van der Waals surface area contributed by atoms with Crippen LogP contribution in [-0.2, 0) is 17.8 Å². The number of hydrogen-bond acceptors (Lipinski definition) is 7. The van der Waals surface area contributed by atoms with Crippen LogP contribution >= 0.6 is 0 Å². The van der Waals surface area contributed by atoms with Crippen LogP contribution in [0.3, 0.4) is 0 Å². The van der Waals surface area contributed by atoms with Crippen LogP contribution in [0.5, 0.6) is 5.75 Å². The third-order valence-corrected chi connectivity index (χ3v) is 7.10. The van der Waals surface area contributed by atoms with Crippen LogP contribution in [0.2, 0.25) is 0 Å². The fourth-order valence-corrected chi connectivity index (χ4v) is 5.25. The van der Waals surface area contributed by atoms with Gasteiger partial charge in [0.05, 0.1) is 16.9 Å². The zero-order valence-electron chi connectivity index (χ0n) is 20.3. The quantitative estimate of drug-likeness (QED) is 0.218. The van der Waals surface area contributed by atoms with Gasteiger partial charge in [-0.25, -0.2) is 9.18 Å². The number of aromatic nitrogens is 1. The van der Waals surface area contributed by atoms with Crippen molar-refractivity contribution in [1.82, 2.24) is 9.88 Å². The average Bonchev–Trinajstić information content (AvgIpc) is 3.28. The number of benzene rings is 3. The van der Waals surface area contributed by atoms with Crippen LogP contribution in [0.1, 0.15) is 33.3 Å². The summed E-state index contributed by atoms with van der Waals surface area (Å²) < 4.78 is 24.5. The highest BCUT2D eigenvalue weighted by Gasteiger charge is 2.41. The molecule has 3 N–H and O–H groups in total. The van der Waals surface area contributed by atoms with E-state index in [-0.39, 0.29) is 18.7 Å². The van der Waals surface area contributed by atoms with Crippen molar-refractivity contribution in [1.29, 1.82) is 0 Å². The van der Waals surface area contributed by atoms with E-state index >= 15 is 0 Å². The van der Waals surface area contributed by atoms with Crippen LogP contribution in [0.15, 0.2) is 60.7 Å². The highest BCUT2D eigenvalue weighted by molar-refractivity contribution is 6.58. The minimum Gasteiger partial charge on any atom is -0.429 e. The number of H-pyrrole nitrogens is 1. The summed E-state index contributed by atoms with van der Waals surface area (Å²) in [6.45, 7) is 0.425. The average molecular weight is 515 g/mol. The van der Waals surface area contributed by atoms with Gasteiger partial charge in [0, 0.05) is 24.5 Å². The normalized spacial score (nSPS) is 16.1. The van der Waals surface area contributed by atoms with Crippen LogP contribution in [0, 0.1) is 5.82 Å². The van der Waals surface area contributed by atoms with Crippen molar-refractivity contribution in [3.05, 3.63) is 88.9 Å². The molecule has 2 aliphatic rings. The van der Waals surface area contributed by atoms with Gasteiger partial charge in [-0.1, -0.05) is 24.3 Å². The maximum Gasteiger partial charge on any atom is 0.514 e. The monoisotopic (exact) mass is 515 g/mol. The fraction of sp³-hybridized carbons (Fsp3) is 0.185. The van der Waals surface area contributed by atoms with Gasteiger partial charge < -0.3 is 34.3 Å². The molecule has 3 heterocycles. The van der Waals surface area contributed by atoms with E-state index in [1.54, 1.807) is 35.2 Å². The predicted molar refractivity (Wildman–Crippen MR) is 138 cm³/mol. The maximum absolute atomic E-state index is 13.8. The topological polar surface area (TPSA) is 115 Å². The summed E-state index contributed by atoms with van der Waals surface area (Å²) in [5.41, 5.74) is 4.75. The van der Waals surface area contributed by atoms with E-state index in [2.05, 4.69) is 4.98 Å². The molecule has 9 nitrogen and oxygen atoms in total. The van der Waals surface area contributed by atoms with E-state index in [0.717, 1.165) is 22.2 Å². The number of ether oxygens (including phenoxy) is 2. The highest BCUT2D eigenvalue weighted by atomic mass is 19.1. The summed E-state index contributed by atoms with van der Waals surface area (Å²) in [5.74, 6) is -0.335. The SMILES string of the molecule is CN1c2ccc(F)cc2C(=O)N2CCc3c([nH]c4ccc(OC(=O)OCc5ccc(B(O)O)cc5)cc34)C21. The molecule has 4 aromatic rings. The smallest absolute Gasteiger partial charge is 0.429 e. The largest absolute Gasteiger partial charge is 0.514 e. The number of rotatable bonds is 4. The summed E-state index contributed by atoms with van der Waals surface area (Å²) in [6, 6.07) is 15.8. The third kappa shape index (κ3) is 4.05. The lowest BCUT2D eigenvalue weighted by atomic mass is 9.80. The van der Waals surface area contributed by atoms with E-state index in [9.17, 15) is 24.0 Å². The van der Waals surface area contributed by atoms with E-state index in [1.807, 2.05) is 18.0 Å². The Hall–Kier alpha value is -4.35. The van der Waals surface area contributed by atoms with Crippen LogP contribution in [0.4, 0.5) is 14.9 Å². The van der Waals surface area contributed by atoms with Crippen molar-refractivity contribution in [2.24, 2.45) is 0 Å². The zero-order valence-corrected chi connectivity index (χ0v) is 20.3. The molecule has 2 aliphatic heterocycles. The Bertz CT molecular complexity index is 1570. The number of amides is 1. The maximum atomic E-state index is 13.8. The number of carbonyl (C=O) groups excluding carboxylic acids is 2. The van der Waals surface area contributed by atoms with E-state index in [0.29, 0.717) is 41.0 Å². The Morgan fingerprint density at radius 1 is 1.13 bits per heavy atom. The fourth-order valence-electron chi connectivity index (χ4n) is 5.25. The summed E-state index contributed by atoms with van der Waals surface area (Å²) in [6.07, 6.45) is -0.653. The Labute approximate surface area is 217 Å². The molecule has 1 atom stereocenters. The minimum atomic E-state index is -1.56. The molecule has 38 heavy (non-hydrogen) atoms. The lowest BCUT2D eigenvalue weighted by molar-refractivity contribution is 0.0633. The second-order valence-corrected chi connectivity index (χ2v) is 9.38. The summed E-state index contributed by atoms with van der Waals surface area (Å²) in [4.78, 5) is 32.6. The van der Waals surface area contributed by atoms with Gasteiger partial charge in [0.25, 0.3) is 5.91 Å². The van der Waals surface area contributed by atoms with Gasteiger partial charge in [-0.15, -0.1) is 0 Å². The molecule has 0 aliphatic carbocycles. The molecule has 1 unspecified atom stereocenters. The van der Waals surface area contributed by atoms with Gasteiger partial charge in [0.1, 0.15) is 24.3 Å². The van der Waals surface area contributed by atoms with Gasteiger partial charge in [0.2, 0.25) is 0 Å². The first kappa shape index (κ1) is 24.0. The standard InChI is InChI=1S/C27H23BFN3O6/c1-31-23-9-6-17(29)12-21(23)26(33)32-11-10-19-20-13-18(7-8-22(20)30-24(19)25(31)32)38-27(34)37-14-15-2-4-16(5-3-15)28(35)36/h2-9,12-13,25,30,35-36H,10-11,14H2,1H3. The molecule has 0 saturated heterocycles. The molecule has 1 aromatic heterocycles. The van der Waals surface area contributed by atoms with E-state index in [4.69, 9.17) is 9.47 Å². The third-order valence-electron chi connectivity index (χ3n) is 7.10. The van der Waals surface area contributed by atoms with Gasteiger partial charge in [-0.2, -0.15) is 0 Å². The lowest BCUT2D eigenvalue weighted by Gasteiger charge is -2.46. The Morgan fingerprint density at radius 3 is 2.68 bits per heavy atom. The number of carbonyl (C=O) groups is 2. The van der Waals surface area contributed by atoms with E-state index < -0.39 is 19.1 Å². The molecular weight excluding hydrogens is 492 g/mol. The van der Waals surface area contributed by atoms with E-state index in [1.165, 1.54) is 24.3 Å². The zero-order chi connectivity index (χ0) is 26.6. The molecule has 0 bridgehead atoms. The van der Waals surface area contributed by atoms with Gasteiger partial charge in [-0.3, -0.25) is 4.79 Å². The van der Waals surface area contributed by atoms with Crippen LogP contribution < -0.4 is 15.1 Å². The molecule has 0 radical (unpaired) electrons. The Balaban J connectivity index is 1.22. The molecule has 0 spiro atoms. The van der Waals surface area contributed by atoms with Gasteiger partial charge >= 0.3 is 13.3 Å². The van der Waals surface area contributed by atoms with Crippen LogP contribution in [-0.4, -0.2) is 52.7 Å². The number of halogens is 1. The molecule has 1 amide bonds. The second-order valence-electron chi connectivity index (χ2n) is 9.38. The number of anilines is 1. The lowest BCUT2D eigenvalue weighted by Crippen LogP contribution is -2.51. The first-order chi connectivity index (χ1) is 18.3. The molecular formula is C27H23BFN3O6. The number of aromatic amines is 1. The predicted octanol–water partition coefficient (Wildman–Crippen LogP) is 2.85. The molecule has 3 aromatic carbocycles. The summed E-state index contributed by atoms with van der Waals surface area (Å²) >= 11 is 0. The van der Waals surface area contributed by atoms with Crippen molar-refractivity contribution in [3.8, 4) is 5.75 Å². The van der Waals surface area contributed by atoms with Crippen molar-refractivity contribution in [2.45, 2.75) is 19.2 Å². The minimum absolute atomic E-state index is 0.0360. The first-order valence-electron chi connectivity index (χ1n) is 12.1. The van der Waals surface area contributed by atoms with Gasteiger partial charge in [0.15, 0.2) is 0 Å². The van der Waals surface area contributed by atoms with Crippen molar-refractivity contribution in [3.63, 3.8) is 0 Å². The molecule has 0 fully saturated rings. The molecule has 0 saturated carbocycles. The number of fused-ring (bicyclic) bond motifs is 6.